The molecular formula is C11H11N3O2. The molecule has 1 aliphatic rings. The summed E-state index contributed by atoms with van der Waals surface area (Å²) in [5.74, 6) is -0.998. The van der Waals surface area contributed by atoms with E-state index in [0.29, 0.717) is 0 Å². The zero-order valence-corrected chi connectivity index (χ0v) is 8.52. The zero-order chi connectivity index (χ0) is 11.6. The predicted molar refractivity (Wildman–Crippen MR) is 64.3 cm³/mol. The van der Waals surface area contributed by atoms with Gasteiger partial charge in [0.1, 0.15) is 0 Å². The van der Waals surface area contributed by atoms with Crippen LogP contribution in [0.2, 0.25) is 0 Å². The van der Waals surface area contributed by atoms with Crippen molar-refractivity contribution in [3.05, 3.63) is 36.2 Å². The number of aliphatic imine (C=N–C) groups is 3. The zero-order valence-electron chi connectivity index (χ0n) is 8.52. The number of allylic oxidation sites excluding steroid dienone is 3. The fourth-order valence-electron chi connectivity index (χ4n) is 0.862. The summed E-state index contributed by atoms with van der Waals surface area (Å²) in [5.41, 5.74) is 0.182. The van der Waals surface area contributed by atoms with E-state index in [1.54, 1.807) is 24.6 Å². The number of carbonyl (C=O) groups is 1. The molecule has 1 aliphatic heterocycles. The van der Waals surface area contributed by atoms with Crippen LogP contribution in [0.15, 0.2) is 51.2 Å². The van der Waals surface area contributed by atoms with Crippen LogP contribution in [0.1, 0.15) is 0 Å². The van der Waals surface area contributed by atoms with E-state index in [1.807, 2.05) is 0 Å². The van der Waals surface area contributed by atoms with Crippen LogP contribution in [0.25, 0.3) is 0 Å². The van der Waals surface area contributed by atoms with Gasteiger partial charge in [-0.3, -0.25) is 15.0 Å². The molecule has 0 aromatic carbocycles. The minimum atomic E-state index is -0.998. The number of hydrogen-bond donors (Lipinski definition) is 1. The van der Waals surface area contributed by atoms with E-state index in [9.17, 15) is 4.79 Å². The monoisotopic (exact) mass is 217 g/mol. The van der Waals surface area contributed by atoms with Gasteiger partial charge >= 0.3 is 5.97 Å². The van der Waals surface area contributed by atoms with Crippen molar-refractivity contribution in [3.8, 4) is 0 Å². The first kappa shape index (κ1) is 11.8. The average Bonchev–Trinajstić information content (AvgIpc) is 2.28. The predicted octanol–water partition coefficient (Wildman–Crippen LogP) is 1.25. The summed E-state index contributed by atoms with van der Waals surface area (Å²) in [6.07, 6.45) is 12.3. The maximum absolute atomic E-state index is 10.8. The minimum Gasteiger partial charge on any atom is -0.478 e. The lowest BCUT2D eigenvalue weighted by Crippen LogP contribution is -2.04. The molecule has 1 N–H and O–H groups in total. The second kappa shape index (κ2) is 7.05. The van der Waals surface area contributed by atoms with Crippen LogP contribution < -0.4 is 0 Å². The highest BCUT2D eigenvalue weighted by molar-refractivity contribution is 5.93. The van der Waals surface area contributed by atoms with Gasteiger partial charge in [-0.2, -0.15) is 0 Å². The summed E-state index contributed by atoms with van der Waals surface area (Å²) < 4.78 is 0. The molecule has 0 aromatic rings. The molecule has 0 atom stereocenters. The fraction of sp³-hybridized carbons (Fsp3) is 0.0909. The van der Waals surface area contributed by atoms with Crippen molar-refractivity contribution in [2.75, 3.05) is 6.54 Å². The van der Waals surface area contributed by atoms with Gasteiger partial charge in [-0.25, -0.2) is 4.79 Å². The topological polar surface area (TPSA) is 74.4 Å². The molecule has 0 bridgehead atoms. The van der Waals surface area contributed by atoms with Gasteiger partial charge in [0.2, 0.25) is 0 Å². The fourth-order valence-corrected chi connectivity index (χ4v) is 0.862. The van der Waals surface area contributed by atoms with Gasteiger partial charge in [-0.1, -0.05) is 0 Å². The van der Waals surface area contributed by atoms with E-state index >= 15 is 0 Å². The lowest BCUT2D eigenvalue weighted by atomic mass is 10.2. The van der Waals surface area contributed by atoms with Crippen molar-refractivity contribution in [3.63, 3.8) is 0 Å². The Labute approximate surface area is 93.0 Å². The minimum absolute atomic E-state index is 0.110. The van der Waals surface area contributed by atoms with Crippen molar-refractivity contribution < 1.29 is 9.90 Å². The third kappa shape index (κ3) is 4.80. The number of carboxylic acids is 1. The summed E-state index contributed by atoms with van der Waals surface area (Å²) in [6, 6.07) is 0. The molecule has 82 valence electrons. The molecule has 1 rings (SSSR count). The molecule has 0 saturated heterocycles. The first-order valence-corrected chi connectivity index (χ1v) is 4.59. The Morgan fingerprint density at radius 3 is 2.56 bits per heavy atom. The molecule has 0 radical (unpaired) electrons. The lowest BCUT2D eigenvalue weighted by molar-refractivity contribution is -0.132. The number of aliphatic carboxylic acids is 1. The van der Waals surface area contributed by atoms with Crippen LogP contribution in [0.3, 0.4) is 0 Å². The van der Waals surface area contributed by atoms with E-state index < -0.39 is 5.97 Å². The van der Waals surface area contributed by atoms with Crippen LogP contribution >= 0.6 is 0 Å². The maximum atomic E-state index is 10.8. The third-order valence-corrected chi connectivity index (χ3v) is 1.61. The van der Waals surface area contributed by atoms with Crippen LogP contribution in [0, 0.1) is 0 Å². The van der Waals surface area contributed by atoms with E-state index in [2.05, 4.69) is 15.0 Å². The van der Waals surface area contributed by atoms with Crippen molar-refractivity contribution in [1.82, 2.24) is 0 Å². The molecule has 0 amide bonds. The summed E-state index contributed by atoms with van der Waals surface area (Å²) in [4.78, 5) is 22.5. The van der Waals surface area contributed by atoms with Gasteiger partial charge in [0, 0.05) is 31.0 Å². The number of nitrogens with zero attached hydrogens (tertiary/aromatic N) is 3. The Morgan fingerprint density at radius 1 is 1.12 bits per heavy atom. The van der Waals surface area contributed by atoms with Gasteiger partial charge in [0.05, 0.1) is 12.1 Å². The molecule has 5 heteroatoms. The number of hydrogen-bond acceptors (Lipinski definition) is 4. The molecule has 5 nitrogen and oxygen atoms in total. The molecule has 0 saturated carbocycles. The van der Waals surface area contributed by atoms with E-state index in [0.717, 1.165) is 0 Å². The largest absolute Gasteiger partial charge is 0.478 e. The highest BCUT2D eigenvalue weighted by Crippen LogP contribution is 1.94. The normalized spacial score (nSPS) is 16.1. The van der Waals surface area contributed by atoms with Crippen LogP contribution in [-0.2, 0) is 4.79 Å². The van der Waals surface area contributed by atoms with Crippen molar-refractivity contribution in [1.29, 1.82) is 0 Å². The van der Waals surface area contributed by atoms with Crippen molar-refractivity contribution in [2.45, 2.75) is 0 Å². The summed E-state index contributed by atoms with van der Waals surface area (Å²) in [7, 11) is 0. The highest BCUT2D eigenvalue weighted by Gasteiger charge is 2.03. The lowest BCUT2D eigenvalue weighted by Gasteiger charge is -1.94. The molecule has 0 unspecified atom stereocenters. The summed E-state index contributed by atoms with van der Waals surface area (Å²) in [6.45, 7) is 0.110. The standard InChI is InChI=1S/C11H11N3O2/c15-11(16)10-3-8-13-6-1-4-12-5-2-7-14-9-10/h1-8H,9H2,(H,15,16). The third-order valence-electron chi connectivity index (χ3n) is 1.61. The summed E-state index contributed by atoms with van der Waals surface area (Å²) >= 11 is 0. The SMILES string of the molecule is O=C(O)C1=CC=NC=CC=NC=CC=NC1. The Hall–Kier alpha value is -2.30. The first-order valence-electron chi connectivity index (χ1n) is 4.59. The van der Waals surface area contributed by atoms with Crippen molar-refractivity contribution >= 4 is 24.6 Å². The molecule has 16 heavy (non-hydrogen) atoms. The maximum Gasteiger partial charge on any atom is 0.333 e. The van der Waals surface area contributed by atoms with Gasteiger partial charge in [0.25, 0.3) is 0 Å². The Kier molecular flexibility index (Phi) is 5.19. The average molecular weight is 217 g/mol. The van der Waals surface area contributed by atoms with Gasteiger partial charge in [0.15, 0.2) is 0 Å². The van der Waals surface area contributed by atoms with Crippen LogP contribution in [0.5, 0.6) is 0 Å². The van der Waals surface area contributed by atoms with Gasteiger partial charge in [-0.15, -0.1) is 0 Å². The molecule has 0 spiro atoms. The van der Waals surface area contributed by atoms with Crippen molar-refractivity contribution in [2.24, 2.45) is 15.0 Å². The Balaban J connectivity index is 2.86. The second-order valence-corrected chi connectivity index (χ2v) is 2.77. The number of rotatable bonds is 1. The second-order valence-electron chi connectivity index (χ2n) is 2.77. The smallest absolute Gasteiger partial charge is 0.333 e. The Bertz CT molecular complexity index is 415. The van der Waals surface area contributed by atoms with Gasteiger partial charge < -0.3 is 5.11 Å². The highest BCUT2D eigenvalue weighted by atomic mass is 16.4. The Morgan fingerprint density at radius 2 is 1.81 bits per heavy atom. The quantitative estimate of drug-likeness (QED) is 0.717. The van der Waals surface area contributed by atoms with Crippen LogP contribution in [-0.4, -0.2) is 36.3 Å². The van der Waals surface area contributed by atoms with Crippen LogP contribution in [0.4, 0.5) is 0 Å². The van der Waals surface area contributed by atoms with E-state index in [-0.39, 0.29) is 12.1 Å². The molecule has 1 heterocycles. The van der Waals surface area contributed by atoms with E-state index in [1.165, 1.54) is 24.7 Å². The molecular weight excluding hydrogens is 206 g/mol. The first-order chi connectivity index (χ1) is 7.80. The molecule has 0 aliphatic carbocycles. The number of carboxylic acid groups (broad SMARTS) is 1. The van der Waals surface area contributed by atoms with E-state index in [4.69, 9.17) is 5.11 Å². The van der Waals surface area contributed by atoms with Gasteiger partial charge in [-0.05, 0) is 18.2 Å². The summed E-state index contributed by atoms with van der Waals surface area (Å²) in [5, 5.41) is 8.83. The molecule has 0 fully saturated rings. The molecule has 0 aromatic heterocycles.